The van der Waals surface area contributed by atoms with Crippen molar-refractivity contribution < 1.29 is 9.59 Å². The molecule has 156 valence electrons. The summed E-state index contributed by atoms with van der Waals surface area (Å²) in [6, 6.07) is 11.3. The van der Waals surface area contributed by atoms with E-state index >= 15 is 0 Å². The fourth-order valence-electron chi connectivity index (χ4n) is 3.42. The third kappa shape index (κ3) is 5.14. The van der Waals surface area contributed by atoms with Crippen molar-refractivity contribution in [2.75, 3.05) is 36.4 Å². The first-order chi connectivity index (χ1) is 14.6. The van der Waals surface area contributed by atoms with Gasteiger partial charge in [-0.15, -0.1) is 0 Å². The maximum Gasteiger partial charge on any atom is 0.224 e. The Morgan fingerprint density at radius 1 is 1.10 bits per heavy atom. The molecule has 1 fully saturated rings. The topological polar surface area (TPSA) is 78.4 Å². The van der Waals surface area contributed by atoms with E-state index in [2.05, 4.69) is 36.1 Å². The standard InChI is InChI=1S/C21H22BrN5O2S/c22-15-4-1-5-16(14-15)24-18(28)7-8-19(29)26-10-3-11-27(13-12-26)21-25-17-6-2-9-23-20(17)30-21/h1-2,4-6,9,14H,3,7-8,10-13H2,(H,24,28). The lowest BCUT2D eigenvalue weighted by Crippen LogP contribution is -2.35. The molecule has 0 spiro atoms. The van der Waals surface area contributed by atoms with Gasteiger partial charge in [0.15, 0.2) is 5.13 Å². The molecule has 9 heteroatoms. The Balaban J connectivity index is 1.28. The fourth-order valence-corrected chi connectivity index (χ4v) is 4.78. The van der Waals surface area contributed by atoms with Crippen LogP contribution in [-0.4, -0.2) is 52.9 Å². The molecule has 2 amide bonds. The molecule has 0 saturated carbocycles. The van der Waals surface area contributed by atoms with Gasteiger partial charge in [-0.05, 0) is 36.8 Å². The number of nitrogens with zero attached hydrogens (tertiary/aromatic N) is 4. The SMILES string of the molecule is O=C(CCC(=O)N1CCCN(c2nc3cccnc3s2)CC1)Nc1cccc(Br)c1. The van der Waals surface area contributed by atoms with E-state index in [-0.39, 0.29) is 24.7 Å². The van der Waals surface area contributed by atoms with Crippen molar-refractivity contribution in [1.82, 2.24) is 14.9 Å². The molecule has 30 heavy (non-hydrogen) atoms. The number of benzene rings is 1. The van der Waals surface area contributed by atoms with E-state index in [0.717, 1.165) is 45.1 Å². The highest BCUT2D eigenvalue weighted by atomic mass is 79.9. The Bertz CT molecular complexity index is 1020. The Kier molecular flexibility index (Phi) is 6.59. The molecule has 0 radical (unpaired) electrons. The predicted molar refractivity (Wildman–Crippen MR) is 123 cm³/mol. The molecule has 7 nitrogen and oxygen atoms in total. The highest BCUT2D eigenvalue weighted by molar-refractivity contribution is 9.10. The van der Waals surface area contributed by atoms with E-state index in [9.17, 15) is 9.59 Å². The van der Waals surface area contributed by atoms with Crippen LogP contribution in [-0.2, 0) is 9.59 Å². The van der Waals surface area contributed by atoms with Crippen molar-refractivity contribution in [3.05, 3.63) is 47.1 Å². The van der Waals surface area contributed by atoms with Crippen LogP contribution in [0, 0.1) is 0 Å². The van der Waals surface area contributed by atoms with Gasteiger partial charge in [0.05, 0.1) is 0 Å². The Morgan fingerprint density at radius 2 is 2.00 bits per heavy atom. The lowest BCUT2D eigenvalue weighted by atomic mass is 10.2. The van der Waals surface area contributed by atoms with Crippen LogP contribution in [0.25, 0.3) is 10.3 Å². The van der Waals surface area contributed by atoms with E-state index in [1.54, 1.807) is 17.5 Å². The van der Waals surface area contributed by atoms with E-state index in [1.165, 1.54) is 0 Å². The number of halogens is 1. The zero-order valence-corrected chi connectivity index (χ0v) is 18.8. The van der Waals surface area contributed by atoms with Crippen molar-refractivity contribution >= 4 is 60.2 Å². The average molecular weight is 488 g/mol. The van der Waals surface area contributed by atoms with Gasteiger partial charge >= 0.3 is 0 Å². The van der Waals surface area contributed by atoms with Crippen molar-refractivity contribution in [1.29, 1.82) is 0 Å². The van der Waals surface area contributed by atoms with E-state index < -0.39 is 0 Å². The molecule has 0 unspecified atom stereocenters. The Hall–Kier alpha value is -2.52. The highest BCUT2D eigenvalue weighted by Crippen LogP contribution is 2.27. The maximum absolute atomic E-state index is 12.6. The van der Waals surface area contributed by atoms with Crippen LogP contribution in [0.5, 0.6) is 0 Å². The summed E-state index contributed by atoms with van der Waals surface area (Å²) in [5, 5.41) is 3.78. The summed E-state index contributed by atoms with van der Waals surface area (Å²) in [5.41, 5.74) is 1.63. The molecule has 1 aliphatic heterocycles. The minimum Gasteiger partial charge on any atom is -0.346 e. The number of thiazole rings is 1. The monoisotopic (exact) mass is 487 g/mol. The van der Waals surface area contributed by atoms with Gasteiger partial charge < -0.3 is 15.1 Å². The number of amides is 2. The maximum atomic E-state index is 12.6. The van der Waals surface area contributed by atoms with Crippen LogP contribution >= 0.6 is 27.3 Å². The minimum atomic E-state index is -0.153. The van der Waals surface area contributed by atoms with Crippen LogP contribution in [0.2, 0.25) is 0 Å². The lowest BCUT2D eigenvalue weighted by Gasteiger charge is -2.21. The van der Waals surface area contributed by atoms with Gasteiger partial charge in [0, 0.05) is 55.4 Å². The number of hydrogen-bond donors (Lipinski definition) is 1. The van der Waals surface area contributed by atoms with Crippen LogP contribution in [0.4, 0.5) is 10.8 Å². The zero-order valence-electron chi connectivity index (χ0n) is 16.4. The number of nitrogens with one attached hydrogen (secondary N) is 1. The van der Waals surface area contributed by atoms with Gasteiger partial charge in [-0.2, -0.15) is 0 Å². The second-order valence-corrected chi connectivity index (χ2v) is 8.98. The molecule has 2 aromatic heterocycles. The number of anilines is 2. The normalized spacial score (nSPS) is 14.6. The summed E-state index contributed by atoms with van der Waals surface area (Å²) in [7, 11) is 0. The third-order valence-electron chi connectivity index (χ3n) is 4.95. The summed E-state index contributed by atoms with van der Waals surface area (Å²) in [5.74, 6) is -0.132. The largest absolute Gasteiger partial charge is 0.346 e. The van der Waals surface area contributed by atoms with Gasteiger partial charge in [-0.25, -0.2) is 9.97 Å². The second kappa shape index (κ2) is 9.53. The van der Waals surface area contributed by atoms with Crippen molar-refractivity contribution in [2.24, 2.45) is 0 Å². The number of fused-ring (bicyclic) bond motifs is 1. The molecule has 1 N–H and O–H groups in total. The van der Waals surface area contributed by atoms with Crippen molar-refractivity contribution in [3.8, 4) is 0 Å². The van der Waals surface area contributed by atoms with Crippen LogP contribution in [0.15, 0.2) is 47.1 Å². The van der Waals surface area contributed by atoms with Gasteiger partial charge in [-0.3, -0.25) is 9.59 Å². The Morgan fingerprint density at radius 3 is 2.83 bits per heavy atom. The number of hydrogen-bond acceptors (Lipinski definition) is 6. The second-order valence-electron chi connectivity index (χ2n) is 7.10. The molecular weight excluding hydrogens is 466 g/mol. The van der Waals surface area contributed by atoms with Crippen LogP contribution in [0.1, 0.15) is 19.3 Å². The quantitative estimate of drug-likeness (QED) is 0.589. The van der Waals surface area contributed by atoms with E-state index in [0.29, 0.717) is 13.1 Å². The van der Waals surface area contributed by atoms with Crippen LogP contribution < -0.4 is 10.2 Å². The molecule has 0 aliphatic carbocycles. The molecule has 1 aromatic carbocycles. The molecule has 3 aromatic rings. The predicted octanol–water partition coefficient (Wildman–Crippen LogP) is 3.91. The van der Waals surface area contributed by atoms with E-state index in [1.807, 2.05) is 41.3 Å². The zero-order chi connectivity index (χ0) is 20.9. The third-order valence-corrected chi connectivity index (χ3v) is 6.48. The van der Waals surface area contributed by atoms with Gasteiger partial charge in [0.25, 0.3) is 0 Å². The van der Waals surface area contributed by atoms with Crippen LogP contribution in [0.3, 0.4) is 0 Å². The van der Waals surface area contributed by atoms with Gasteiger partial charge in [-0.1, -0.05) is 33.3 Å². The van der Waals surface area contributed by atoms with Gasteiger partial charge in [0.1, 0.15) is 10.3 Å². The summed E-state index contributed by atoms with van der Waals surface area (Å²) < 4.78 is 0.898. The molecule has 3 heterocycles. The molecule has 0 bridgehead atoms. The van der Waals surface area contributed by atoms with E-state index in [4.69, 9.17) is 0 Å². The molecular formula is C21H22BrN5O2S. The number of carbonyl (C=O) groups is 2. The number of aromatic nitrogens is 2. The number of carbonyl (C=O) groups excluding carboxylic acids is 2. The number of rotatable bonds is 5. The molecule has 1 saturated heterocycles. The first-order valence-electron chi connectivity index (χ1n) is 9.88. The smallest absolute Gasteiger partial charge is 0.224 e. The summed E-state index contributed by atoms with van der Waals surface area (Å²) >= 11 is 4.96. The lowest BCUT2D eigenvalue weighted by molar-refractivity contribution is -0.132. The van der Waals surface area contributed by atoms with Crippen molar-refractivity contribution in [3.63, 3.8) is 0 Å². The first-order valence-corrected chi connectivity index (χ1v) is 11.5. The first kappa shape index (κ1) is 20.7. The average Bonchev–Trinajstić information content (AvgIpc) is 3.01. The molecule has 0 atom stereocenters. The summed E-state index contributed by atoms with van der Waals surface area (Å²) in [6.07, 6.45) is 3.04. The summed E-state index contributed by atoms with van der Waals surface area (Å²) in [4.78, 5) is 38.9. The van der Waals surface area contributed by atoms with Gasteiger partial charge in [0.2, 0.25) is 11.8 Å². The van der Waals surface area contributed by atoms with Crippen molar-refractivity contribution in [2.45, 2.75) is 19.3 Å². The minimum absolute atomic E-state index is 0.0206. The Labute approximate surface area is 187 Å². The summed E-state index contributed by atoms with van der Waals surface area (Å²) in [6.45, 7) is 2.92. The highest BCUT2D eigenvalue weighted by Gasteiger charge is 2.21. The molecule has 1 aliphatic rings. The molecule has 4 rings (SSSR count). The number of pyridine rings is 1. The fraction of sp³-hybridized carbons (Fsp3) is 0.333.